The predicted octanol–water partition coefficient (Wildman–Crippen LogP) is 3.83. The number of hydrogen-bond donors (Lipinski definition) is 0. The summed E-state index contributed by atoms with van der Waals surface area (Å²) in [4.78, 5) is 25.0. The molecule has 0 radical (unpaired) electrons. The van der Waals surface area contributed by atoms with E-state index in [2.05, 4.69) is 0 Å². The molecular formula is C23H27NO5S. The van der Waals surface area contributed by atoms with E-state index in [4.69, 9.17) is 4.74 Å². The molecule has 0 N–H and O–H groups in total. The van der Waals surface area contributed by atoms with Gasteiger partial charge in [-0.05, 0) is 74.6 Å². The molecular weight excluding hydrogens is 402 g/mol. The highest BCUT2D eigenvalue weighted by molar-refractivity contribution is 7.89. The number of nitrogens with zero attached hydrogens (tertiary/aromatic N) is 1. The first-order valence-corrected chi connectivity index (χ1v) is 11.5. The van der Waals surface area contributed by atoms with E-state index < -0.39 is 22.6 Å². The molecule has 2 aromatic rings. The molecule has 160 valence electrons. The minimum atomic E-state index is -3.65. The van der Waals surface area contributed by atoms with Gasteiger partial charge in [-0.3, -0.25) is 4.79 Å². The van der Waals surface area contributed by atoms with Gasteiger partial charge in [0.05, 0.1) is 10.5 Å². The first-order valence-electron chi connectivity index (χ1n) is 10.1. The average molecular weight is 430 g/mol. The lowest BCUT2D eigenvalue weighted by Gasteiger charge is -2.25. The summed E-state index contributed by atoms with van der Waals surface area (Å²) in [5.41, 5.74) is 3.54. The van der Waals surface area contributed by atoms with Crippen molar-refractivity contribution in [3.8, 4) is 0 Å². The molecule has 30 heavy (non-hydrogen) atoms. The standard InChI is InChI=1S/C23H27NO5S/c1-16-12-18(3)21(13-17(16)2)22(25)15-29-23(26)19-8-7-9-20(14-19)30(27,28)24-10-5-4-6-11-24/h7-9,12-14H,4-6,10-11,15H2,1-3H3. The molecule has 7 heteroatoms. The molecule has 0 aliphatic carbocycles. The smallest absolute Gasteiger partial charge is 0.338 e. The molecule has 1 aliphatic heterocycles. The van der Waals surface area contributed by atoms with E-state index in [-0.39, 0.29) is 16.2 Å². The number of piperidine rings is 1. The number of sulfonamides is 1. The fourth-order valence-corrected chi connectivity index (χ4v) is 5.15. The molecule has 1 fully saturated rings. The second-order valence-corrected chi connectivity index (χ2v) is 9.68. The van der Waals surface area contributed by atoms with Crippen LogP contribution in [0.5, 0.6) is 0 Å². The summed E-state index contributed by atoms with van der Waals surface area (Å²) in [6, 6.07) is 9.53. The van der Waals surface area contributed by atoms with Crippen molar-refractivity contribution in [2.75, 3.05) is 19.7 Å². The number of aryl methyl sites for hydroxylation is 3. The van der Waals surface area contributed by atoms with Crippen molar-refractivity contribution in [2.24, 2.45) is 0 Å². The largest absolute Gasteiger partial charge is 0.454 e. The highest BCUT2D eigenvalue weighted by Crippen LogP contribution is 2.22. The molecule has 0 unspecified atom stereocenters. The summed E-state index contributed by atoms with van der Waals surface area (Å²) in [6.07, 6.45) is 2.69. The van der Waals surface area contributed by atoms with Gasteiger partial charge in [-0.25, -0.2) is 13.2 Å². The molecule has 0 saturated carbocycles. The number of hydrogen-bond acceptors (Lipinski definition) is 5. The molecule has 0 aromatic heterocycles. The van der Waals surface area contributed by atoms with Crippen LogP contribution in [-0.4, -0.2) is 44.2 Å². The topological polar surface area (TPSA) is 80.8 Å². The van der Waals surface area contributed by atoms with Crippen molar-refractivity contribution in [3.05, 3.63) is 64.2 Å². The van der Waals surface area contributed by atoms with Crippen LogP contribution in [0.2, 0.25) is 0 Å². The zero-order valence-corrected chi connectivity index (χ0v) is 18.4. The second kappa shape index (κ2) is 9.10. The SMILES string of the molecule is Cc1cc(C)c(C(=O)COC(=O)c2cccc(S(=O)(=O)N3CCCCC3)c2)cc1C. The Morgan fingerprint density at radius 3 is 2.30 bits per heavy atom. The van der Waals surface area contributed by atoms with E-state index in [0.29, 0.717) is 18.7 Å². The normalized spacial score (nSPS) is 15.0. The fourth-order valence-electron chi connectivity index (χ4n) is 3.59. The summed E-state index contributed by atoms with van der Waals surface area (Å²) >= 11 is 0. The number of ketones is 1. The lowest BCUT2D eigenvalue weighted by molar-refractivity contribution is 0.0474. The summed E-state index contributed by atoms with van der Waals surface area (Å²) < 4.78 is 32.3. The third-order valence-electron chi connectivity index (χ3n) is 5.50. The summed E-state index contributed by atoms with van der Waals surface area (Å²) in [5, 5.41) is 0. The highest BCUT2D eigenvalue weighted by Gasteiger charge is 2.26. The zero-order valence-electron chi connectivity index (χ0n) is 17.6. The van der Waals surface area contributed by atoms with Crippen LogP contribution in [0.15, 0.2) is 41.3 Å². The van der Waals surface area contributed by atoms with Crippen molar-refractivity contribution >= 4 is 21.8 Å². The fraction of sp³-hybridized carbons (Fsp3) is 0.391. The maximum absolute atomic E-state index is 12.8. The van der Waals surface area contributed by atoms with Gasteiger partial charge in [0, 0.05) is 18.7 Å². The first-order chi connectivity index (χ1) is 14.2. The van der Waals surface area contributed by atoms with Crippen molar-refractivity contribution in [2.45, 2.75) is 44.9 Å². The molecule has 0 bridgehead atoms. The van der Waals surface area contributed by atoms with Gasteiger partial charge < -0.3 is 4.74 Å². The van der Waals surface area contributed by atoms with E-state index in [1.54, 1.807) is 6.07 Å². The van der Waals surface area contributed by atoms with Crippen LogP contribution < -0.4 is 0 Å². The zero-order chi connectivity index (χ0) is 21.9. The van der Waals surface area contributed by atoms with Crippen LogP contribution in [0.25, 0.3) is 0 Å². The van der Waals surface area contributed by atoms with Gasteiger partial charge in [-0.1, -0.05) is 18.6 Å². The molecule has 1 saturated heterocycles. The first kappa shape index (κ1) is 22.2. The van der Waals surface area contributed by atoms with Gasteiger partial charge >= 0.3 is 5.97 Å². The predicted molar refractivity (Wildman–Crippen MR) is 114 cm³/mol. The van der Waals surface area contributed by atoms with E-state index >= 15 is 0 Å². The second-order valence-electron chi connectivity index (χ2n) is 7.74. The van der Waals surface area contributed by atoms with Gasteiger partial charge in [0.2, 0.25) is 15.8 Å². The lowest BCUT2D eigenvalue weighted by atomic mass is 9.98. The number of ether oxygens (including phenoxy) is 1. The summed E-state index contributed by atoms with van der Waals surface area (Å²) in [6.45, 7) is 6.32. The number of carbonyl (C=O) groups excluding carboxylic acids is 2. The van der Waals surface area contributed by atoms with Crippen LogP contribution in [0, 0.1) is 20.8 Å². The maximum atomic E-state index is 12.8. The van der Waals surface area contributed by atoms with Crippen LogP contribution in [0.3, 0.4) is 0 Å². The Morgan fingerprint density at radius 2 is 1.60 bits per heavy atom. The van der Waals surface area contributed by atoms with Crippen molar-refractivity contribution in [1.29, 1.82) is 0 Å². The third kappa shape index (κ3) is 4.79. The minimum Gasteiger partial charge on any atom is -0.454 e. The van der Waals surface area contributed by atoms with Gasteiger partial charge in [-0.15, -0.1) is 0 Å². The van der Waals surface area contributed by atoms with Crippen molar-refractivity contribution in [1.82, 2.24) is 4.31 Å². The maximum Gasteiger partial charge on any atom is 0.338 e. The van der Waals surface area contributed by atoms with Crippen molar-refractivity contribution in [3.63, 3.8) is 0 Å². The van der Waals surface area contributed by atoms with E-state index in [1.807, 2.05) is 26.8 Å². The van der Waals surface area contributed by atoms with E-state index in [0.717, 1.165) is 36.0 Å². The molecule has 1 heterocycles. The Kier molecular flexibility index (Phi) is 6.73. The molecule has 1 aliphatic rings. The van der Waals surface area contributed by atoms with E-state index in [1.165, 1.54) is 28.6 Å². The molecule has 0 amide bonds. The Morgan fingerprint density at radius 1 is 0.933 bits per heavy atom. The highest BCUT2D eigenvalue weighted by atomic mass is 32.2. The number of Topliss-reactive ketones (excluding diaryl/α,β-unsaturated/α-hetero) is 1. The Bertz CT molecular complexity index is 1070. The molecule has 6 nitrogen and oxygen atoms in total. The monoisotopic (exact) mass is 429 g/mol. The minimum absolute atomic E-state index is 0.0650. The van der Waals surface area contributed by atoms with Gasteiger partial charge in [0.1, 0.15) is 0 Å². The van der Waals surface area contributed by atoms with Crippen LogP contribution in [-0.2, 0) is 14.8 Å². The molecule has 0 spiro atoms. The summed E-state index contributed by atoms with van der Waals surface area (Å²) in [7, 11) is -3.65. The number of benzene rings is 2. The Labute approximate surface area is 177 Å². The molecule has 3 rings (SSSR count). The van der Waals surface area contributed by atoms with Gasteiger partial charge in [0.15, 0.2) is 6.61 Å². The molecule has 2 aromatic carbocycles. The Balaban J connectivity index is 1.71. The molecule has 0 atom stereocenters. The number of carbonyl (C=O) groups is 2. The number of esters is 1. The van der Waals surface area contributed by atoms with Crippen LogP contribution in [0.4, 0.5) is 0 Å². The Hall–Kier alpha value is -2.51. The summed E-state index contributed by atoms with van der Waals surface area (Å²) in [5.74, 6) is -1.01. The van der Waals surface area contributed by atoms with Crippen LogP contribution in [0.1, 0.15) is 56.7 Å². The van der Waals surface area contributed by atoms with Gasteiger partial charge in [-0.2, -0.15) is 4.31 Å². The van der Waals surface area contributed by atoms with Crippen molar-refractivity contribution < 1.29 is 22.7 Å². The lowest BCUT2D eigenvalue weighted by Crippen LogP contribution is -2.35. The van der Waals surface area contributed by atoms with Crippen LogP contribution >= 0.6 is 0 Å². The third-order valence-corrected chi connectivity index (χ3v) is 7.39. The van der Waals surface area contributed by atoms with E-state index in [9.17, 15) is 18.0 Å². The average Bonchev–Trinajstić information content (AvgIpc) is 2.75. The van der Waals surface area contributed by atoms with Gasteiger partial charge in [0.25, 0.3) is 0 Å². The number of rotatable bonds is 6. The quantitative estimate of drug-likeness (QED) is 0.515.